The number of anilines is 1. The first-order valence-electron chi connectivity index (χ1n) is 7.93. The molecule has 0 saturated heterocycles. The lowest BCUT2D eigenvalue weighted by Gasteiger charge is -2.13. The number of hydrogen-bond donors (Lipinski definition) is 1. The molecule has 0 aromatic heterocycles. The van der Waals surface area contributed by atoms with Gasteiger partial charge in [-0.25, -0.2) is 0 Å². The molecular formula is C19H23NO3. The average Bonchev–Trinajstić information content (AvgIpc) is 2.56. The van der Waals surface area contributed by atoms with Gasteiger partial charge in [-0.05, 0) is 56.7 Å². The van der Waals surface area contributed by atoms with Gasteiger partial charge in [0.1, 0.15) is 11.5 Å². The summed E-state index contributed by atoms with van der Waals surface area (Å²) in [5, 5.41) is 2.88. The number of ether oxygens (including phenoxy) is 2. The summed E-state index contributed by atoms with van der Waals surface area (Å²) >= 11 is 0. The third kappa shape index (κ3) is 5.02. The number of amides is 1. The summed E-state index contributed by atoms with van der Waals surface area (Å²) in [5.41, 5.74) is 1.30. The highest BCUT2D eigenvalue weighted by atomic mass is 16.5. The van der Waals surface area contributed by atoms with Crippen molar-refractivity contribution in [1.82, 2.24) is 0 Å². The maximum atomic E-state index is 12.3. The third-order valence-electron chi connectivity index (χ3n) is 3.43. The molecule has 4 heteroatoms. The minimum atomic E-state index is -0.159. The van der Waals surface area contributed by atoms with Crippen LogP contribution < -0.4 is 14.8 Å². The van der Waals surface area contributed by atoms with Crippen molar-refractivity contribution in [2.45, 2.75) is 33.3 Å². The Bertz CT molecular complexity index is 637. The zero-order valence-corrected chi connectivity index (χ0v) is 13.8. The first kappa shape index (κ1) is 16.9. The smallest absolute Gasteiger partial charge is 0.255 e. The van der Waals surface area contributed by atoms with Crippen molar-refractivity contribution in [2.24, 2.45) is 0 Å². The monoisotopic (exact) mass is 313 g/mol. The van der Waals surface area contributed by atoms with E-state index in [4.69, 9.17) is 9.47 Å². The molecule has 122 valence electrons. The minimum Gasteiger partial charge on any atom is -0.494 e. The van der Waals surface area contributed by atoms with E-state index < -0.39 is 0 Å². The lowest BCUT2D eigenvalue weighted by Crippen LogP contribution is -2.13. The van der Waals surface area contributed by atoms with E-state index in [1.54, 1.807) is 24.3 Å². The van der Waals surface area contributed by atoms with Crippen molar-refractivity contribution in [1.29, 1.82) is 0 Å². The summed E-state index contributed by atoms with van der Waals surface area (Å²) < 4.78 is 11.1. The van der Waals surface area contributed by atoms with Gasteiger partial charge in [-0.2, -0.15) is 0 Å². The van der Waals surface area contributed by atoms with Gasteiger partial charge in [0.25, 0.3) is 5.91 Å². The molecule has 0 aliphatic rings. The molecule has 0 radical (unpaired) electrons. The topological polar surface area (TPSA) is 47.6 Å². The van der Waals surface area contributed by atoms with Crippen LogP contribution in [0.3, 0.4) is 0 Å². The lowest BCUT2D eigenvalue weighted by molar-refractivity contribution is 0.102. The normalized spacial score (nSPS) is 11.6. The predicted molar refractivity (Wildman–Crippen MR) is 92.4 cm³/mol. The van der Waals surface area contributed by atoms with E-state index in [1.165, 1.54) is 0 Å². The summed E-state index contributed by atoms with van der Waals surface area (Å²) in [5.74, 6) is 1.35. The van der Waals surface area contributed by atoms with Crippen molar-refractivity contribution in [3.8, 4) is 11.5 Å². The highest BCUT2D eigenvalue weighted by Gasteiger charge is 2.08. The minimum absolute atomic E-state index is 0.145. The molecule has 0 heterocycles. The molecule has 1 atom stereocenters. The van der Waals surface area contributed by atoms with Crippen LogP contribution in [0.4, 0.5) is 5.69 Å². The maximum Gasteiger partial charge on any atom is 0.255 e. The van der Waals surface area contributed by atoms with Crippen molar-refractivity contribution in [3.05, 3.63) is 54.1 Å². The van der Waals surface area contributed by atoms with Gasteiger partial charge in [-0.15, -0.1) is 0 Å². The summed E-state index contributed by atoms with van der Waals surface area (Å²) in [6.45, 7) is 6.62. The fourth-order valence-electron chi connectivity index (χ4n) is 2.04. The third-order valence-corrected chi connectivity index (χ3v) is 3.43. The Morgan fingerprint density at radius 3 is 2.48 bits per heavy atom. The first-order valence-corrected chi connectivity index (χ1v) is 7.93. The highest BCUT2D eigenvalue weighted by molar-refractivity contribution is 6.04. The van der Waals surface area contributed by atoms with Crippen LogP contribution in [0.1, 0.15) is 37.6 Å². The molecule has 23 heavy (non-hydrogen) atoms. The number of benzene rings is 2. The molecular weight excluding hydrogens is 290 g/mol. The molecule has 2 aromatic carbocycles. The number of rotatable bonds is 7. The number of nitrogens with one attached hydrogen (secondary N) is 1. The van der Waals surface area contributed by atoms with E-state index in [1.807, 2.05) is 38.1 Å². The van der Waals surface area contributed by atoms with Crippen LogP contribution in [0.5, 0.6) is 11.5 Å². The SMILES string of the molecule is CCOc1ccc(C(=O)Nc2cccc(OC(C)CC)c2)cc1. The van der Waals surface area contributed by atoms with Crippen molar-refractivity contribution < 1.29 is 14.3 Å². The van der Waals surface area contributed by atoms with E-state index in [-0.39, 0.29) is 12.0 Å². The average molecular weight is 313 g/mol. The number of hydrogen-bond acceptors (Lipinski definition) is 3. The summed E-state index contributed by atoms with van der Waals surface area (Å²) in [7, 11) is 0. The number of carbonyl (C=O) groups is 1. The second-order valence-electron chi connectivity index (χ2n) is 5.28. The molecule has 0 aliphatic heterocycles. The zero-order chi connectivity index (χ0) is 16.7. The highest BCUT2D eigenvalue weighted by Crippen LogP contribution is 2.20. The lowest BCUT2D eigenvalue weighted by atomic mass is 10.2. The van der Waals surface area contributed by atoms with E-state index >= 15 is 0 Å². The molecule has 0 spiro atoms. The van der Waals surface area contributed by atoms with E-state index in [9.17, 15) is 4.79 Å². The van der Waals surface area contributed by atoms with Crippen molar-refractivity contribution in [2.75, 3.05) is 11.9 Å². The first-order chi connectivity index (χ1) is 11.1. The molecule has 0 bridgehead atoms. The largest absolute Gasteiger partial charge is 0.494 e. The van der Waals surface area contributed by atoms with Gasteiger partial charge >= 0.3 is 0 Å². The van der Waals surface area contributed by atoms with Gasteiger partial charge in [-0.3, -0.25) is 4.79 Å². The zero-order valence-electron chi connectivity index (χ0n) is 13.8. The van der Waals surface area contributed by atoms with E-state index in [0.717, 1.165) is 17.9 Å². The Balaban J connectivity index is 2.03. The number of carbonyl (C=O) groups excluding carboxylic acids is 1. The van der Waals surface area contributed by atoms with Crippen molar-refractivity contribution >= 4 is 11.6 Å². The molecule has 4 nitrogen and oxygen atoms in total. The van der Waals surface area contributed by atoms with Gasteiger partial charge < -0.3 is 14.8 Å². The van der Waals surface area contributed by atoms with Gasteiger partial charge in [-0.1, -0.05) is 13.0 Å². The van der Waals surface area contributed by atoms with Gasteiger partial charge in [0.2, 0.25) is 0 Å². The van der Waals surface area contributed by atoms with Crippen LogP contribution in [0.15, 0.2) is 48.5 Å². The Labute approximate surface area is 137 Å². The van der Waals surface area contributed by atoms with Crippen LogP contribution in [-0.4, -0.2) is 18.6 Å². The van der Waals surface area contributed by atoms with Crippen LogP contribution in [-0.2, 0) is 0 Å². The Hall–Kier alpha value is -2.49. The fraction of sp³-hybridized carbons (Fsp3) is 0.316. The fourth-order valence-corrected chi connectivity index (χ4v) is 2.04. The van der Waals surface area contributed by atoms with E-state index in [2.05, 4.69) is 12.2 Å². The second kappa shape index (κ2) is 8.22. The Kier molecular flexibility index (Phi) is 6.03. The predicted octanol–water partition coefficient (Wildman–Crippen LogP) is 4.51. The van der Waals surface area contributed by atoms with Gasteiger partial charge in [0.05, 0.1) is 12.7 Å². The summed E-state index contributed by atoms with van der Waals surface area (Å²) in [6.07, 6.45) is 1.08. The van der Waals surface area contributed by atoms with Gasteiger partial charge in [0, 0.05) is 17.3 Å². The Morgan fingerprint density at radius 1 is 1.09 bits per heavy atom. The molecule has 2 aromatic rings. The van der Waals surface area contributed by atoms with Crippen molar-refractivity contribution in [3.63, 3.8) is 0 Å². The quantitative estimate of drug-likeness (QED) is 0.818. The summed E-state index contributed by atoms with van der Waals surface area (Å²) in [6, 6.07) is 14.5. The molecule has 0 saturated carbocycles. The second-order valence-corrected chi connectivity index (χ2v) is 5.28. The standard InChI is InChI=1S/C19H23NO3/c1-4-14(3)23-18-8-6-7-16(13-18)20-19(21)15-9-11-17(12-10-15)22-5-2/h6-14H,4-5H2,1-3H3,(H,20,21). The molecule has 0 fully saturated rings. The molecule has 1 N–H and O–H groups in total. The van der Waals surface area contributed by atoms with E-state index in [0.29, 0.717) is 17.9 Å². The Morgan fingerprint density at radius 2 is 1.83 bits per heavy atom. The maximum absolute atomic E-state index is 12.3. The van der Waals surface area contributed by atoms with Crippen LogP contribution in [0.2, 0.25) is 0 Å². The molecule has 2 rings (SSSR count). The summed E-state index contributed by atoms with van der Waals surface area (Å²) in [4.78, 5) is 12.3. The molecule has 1 amide bonds. The van der Waals surface area contributed by atoms with Crippen LogP contribution in [0, 0.1) is 0 Å². The molecule has 1 unspecified atom stereocenters. The van der Waals surface area contributed by atoms with Crippen LogP contribution in [0.25, 0.3) is 0 Å². The van der Waals surface area contributed by atoms with Crippen LogP contribution >= 0.6 is 0 Å². The molecule has 0 aliphatic carbocycles. The van der Waals surface area contributed by atoms with Gasteiger partial charge in [0.15, 0.2) is 0 Å².